The molecule has 4 heteroatoms. The molecule has 4 nitrogen and oxygen atoms in total. The van der Waals surface area contributed by atoms with E-state index in [0.717, 1.165) is 19.4 Å². The molecule has 0 amide bonds. The molecule has 0 saturated heterocycles. The number of hydrogen-bond donors (Lipinski definition) is 4. The van der Waals surface area contributed by atoms with Gasteiger partial charge >= 0.3 is 0 Å². The molecule has 4 N–H and O–H groups in total. The maximum Gasteiger partial charge on any atom is 0.0698 e. The summed E-state index contributed by atoms with van der Waals surface area (Å²) < 4.78 is 0. The molecule has 1 aromatic carbocycles. The normalized spacial score (nSPS) is 25.6. The van der Waals surface area contributed by atoms with Crippen LogP contribution in [-0.4, -0.2) is 38.9 Å². The van der Waals surface area contributed by atoms with Gasteiger partial charge in [0.2, 0.25) is 0 Å². The van der Waals surface area contributed by atoms with Gasteiger partial charge in [-0.3, -0.25) is 0 Å². The molecular formula is C16H28N4. The van der Waals surface area contributed by atoms with E-state index in [2.05, 4.69) is 58.6 Å². The Kier molecular flexibility index (Phi) is 5.54. The zero-order valence-corrected chi connectivity index (χ0v) is 12.9. The molecule has 2 unspecified atom stereocenters. The molecule has 1 saturated carbocycles. The summed E-state index contributed by atoms with van der Waals surface area (Å²) in [6.45, 7) is 0.924. The lowest BCUT2D eigenvalue weighted by Gasteiger charge is -2.45. The molecule has 0 aliphatic heterocycles. The lowest BCUT2D eigenvalue weighted by Crippen LogP contribution is -2.64. The van der Waals surface area contributed by atoms with Gasteiger partial charge < -0.3 is 21.3 Å². The molecule has 1 aromatic rings. The second-order valence-electron chi connectivity index (χ2n) is 5.69. The minimum atomic E-state index is 0.0572. The standard InChI is InChI=1S/C16H28N4/c1-17-14-9-10-16(18-2,19-3)11-15(14)20-12-13-7-5-4-6-8-13/h4-8,14-15,17-20H,9-12H2,1-3H3. The smallest absolute Gasteiger partial charge is 0.0698 e. The first kappa shape index (κ1) is 15.4. The minimum absolute atomic E-state index is 0.0572. The first-order valence-corrected chi connectivity index (χ1v) is 7.55. The molecule has 20 heavy (non-hydrogen) atoms. The van der Waals surface area contributed by atoms with Crippen molar-refractivity contribution in [2.45, 2.75) is 43.6 Å². The number of rotatable bonds is 6. The van der Waals surface area contributed by atoms with Crippen molar-refractivity contribution in [2.75, 3.05) is 21.1 Å². The van der Waals surface area contributed by atoms with Crippen LogP contribution in [0, 0.1) is 0 Å². The Bertz CT molecular complexity index is 389. The monoisotopic (exact) mass is 276 g/mol. The maximum absolute atomic E-state index is 3.72. The van der Waals surface area contributed by atoms with Crippen LogP contribution in [0.15, 0.2) is 30.3 Å². The van der Waals surface area contributed by atoms with Gasteiger partial charge in [-0.2, -0.15) is 0 Å². The van der Waals surface area contributed by atoms with Crippen LogP contribution in [0.2, 0.25) is 0 Å². The summed E-state index contributed by atoms with van der Waals surface area (Å²) in [6, 6.07) is 11.6. The summed E-state index contributed by atoms with van der Waals surface area (Å²) in [4.78, 5) is 0. The first-order chi connectivity index (χ1) is 9.73. The van der Waals surface area contributed by atoms with Gasteiger partial charge in [0.25, 0.3) is 0 Å². The Hall–Kier alpha value is -0.940. The van der Waals surface area contributed by atoms with Crippen molar-refractivity contribution in [3.63, 3.8) is 0 Å². The zero-order chi connectivity index (χ0) is 14.4. The van der Waals surface area contributed by atoms with Gasteiger partial charge in [0.1, 0.15) is 0 Å². The van der Waals surface area contributed by atoms with Crippen LogP contribution < -0.4 is 21.3 Å². The van der Waals surface area contributed by atoms with Crippen LogP contribution in [0.1, 0.15) is 24.8 Å². The van der Waals surface area contributed by atoms with Crippen LogP contribution >= 0.6 is 0 Å². The molecule has 0 spiro atoms. The fourth-order valence-corrected chi connectivity index (χ4v) is 3.21. The molecule has 112 valence electrons. The zero-order valence-electron chi connectivity index (χ0n) is 12.9. The molecule has 2 atom stereocenters. The van der Waals surface area contributed by atoms with E-state index in [1.807, 2.05) is 14.1 Å². The quantitative estimate of drug-likeness (QED) is 0.587. The van der Waals surface area contributed by atoms with Crippen LogP contribution in [-0.2, 0) is 6.54 Å². The Morgan fingerprint density at radius 3 is 2.35 bits per heavy atom. The predicted octanol–water partition coefficient (Wildman–Crippen LogP) is 1.05. The Labute approximate surface area is 122 Å². The third kappa shape index (κ3) is 3.58. The first-order valence-electron chi connectivity index (χ1n) is 7.55. The molecule has 1 fully saturated rings. The van der Waals surface area contributed by atoms with Crippen molar-refractivity contribution in [3.05, 3.63) is 35.9 Å². The van der Waals surface area contributed by atoms with Gasteiger partial charge in [0, 0.05) is 18.6 Å². The van der Waals surface area contributed by atoms with E-state index in [0.29, 0.717) is 12.1 Å². The van der Waals surface area contributed by atoms with E-state index >= 15 is 0 Å². The maximum atomic E-state index is 3.72. The van der Waals surface area contributed by atoms with Gasteiger partial charge in [0.15, 0.2) is 0 Å². The van der Waals surface area contributed by atoms with Gasteiger partial charge in [-0.25, -0.2) is 0 Å². The third-order valence-electron chi connectivity index (χ3n) is 4.68. The number of hydrogen-bond acceptors (Lipinski definition) is 4. The molecule has 0 aromatic heterocycles. The van der Waals surface area contributed by atoms with Crippen LogP contribution in [0.5, 0.6) is 0 Å². The second-order valence-corrected chi connectivity index (χ2v) is 5.69. The highest BCUT2D eigenvalue weighted by molar-refractivity contribution is 5.14. The fraction of sp³-hybridized carbons (Fsp3) is 0.625. The molecule has 1 aliphatic rings. The van der Waals surface area contributed by atoms with E-state index in [-0.39, 0.29) is 5.66 Å². The largest absolute Gasteiger partial charge is 0.315 e. The Balaban J connectivity index is 1.98. The van der Waals surface area contributed by atoms with E-state index < -0.39 is 0 Å². The number of nitrogens with one attached hydrogen (secondary N) is 4. The van der Waals surface area contributed by atoms with E-state index in [4.69, 9.17) is 0 Å². The van der Waals surface area contributed by atoms with Crippen molar-refractivity contribution in [1.29, 1.82) is 0 Å². The summed E-state index contributed by atoms with van der Waals surface area (Å²) >= 11 is 0. The molecule has 0 bridgehead atoms. The van der Waals surface area contributed by atoms with Crippen molar-refractivity contribution in [1.82, 2.24) is 21.3 Å². The molecule has 2 rings (SSSR count). The van der Waals surface area contributed by atoms with Crippen molar-refractivity contribution < 1.29 is 0 Å². The number of likely N-dealkylation sites (N-methyl/N-ethyl adjacent to an activating group) is 1. The Morgan fingerprint density at radius 2 is 1.75 bits per heavy atom. The summed E-state index contributed by atoms with van der Waals surface area (Å²) in [5.41, 5.74) is 1.40. The highest BCUT2D eigenvalue weighted by Gasteiger charge is 2.38. The molecule has 0 radical (unpaired) electrons. The van der Waals surface area contributed by atoms with Crippen LogP contribution in [0.4, 0.5) is 0 Å². The van der Waals surface area contributed by atoms with Crippen molar-refractivity contribution in [3.8, 4) is 0 Å². The van der Waals surface area contributed by atoms with E-state index in [9.17, 15) is 0 Å². The minimum Gasteiger partial charge on any atom is -0.315 e. The van der Waals surface area contributed by atoms with Gasteiger partial charge in [-0.05, 0) is 46.0 Å². The Morgan fingerprint density at radius 1 is 1.05 bits per heavy atom. The van der Waals surface area contributed by atoms with Crippen molar-refractivity contribution in [2.24, 2.45) is 0 Å². The average molecular weight is 276 g/mol. The summed E-state index contributed by atoms with van der Waals surface area (Å²) in [6.07, 6.45) is 3.40. The fourth-order valence-electron chi connectivity index (χ4n) is 3.21. The highest BCUT2D eigenvalue weighted by Crippen LogP contribution is 2.26. The van der Waals surface area contributed by atoms with E-state index in [1.165, 1.54) is 12.0 Å². The number of benzene rings is 1. The molecular weight excluding hydrogens is 248 g/mol. The summed E-state index contributed by atoms with van der Waals surface area (Å²) in [5.74, 6) is 0. The van der Waals surface area contributed by atoms with Gasteiger partial charge in [0.05, 0.1) is 5.66 Å². The average Bonchev–Trinajstić information content (AvgIpc) is 2.53. The topological polar surface area (TPSA) is 48.1 Å². The van der Waals surface area contributed by atoms with Gasteiger partial charge in [-0.15, -0.1) is 0 Å². The third-order valence-corrected chi connectivity index (χ3v) is 4.68. The predicted molar refractivity (Wildman–Crippen MR) is 84.6 cm³/mol. The van der Waals surface area contributed by atoms with E-state index in [1.54, 1.807) is 0 Å². The summed E-state index contributed by atoms with van der Waals surface area (Å²) in [5, 5.41) is 14.1. The molecule has 1 aliphatic carbocycles. The van der Waals surface area contributed by atoms with Crippen molar-refractivity contribution >= 4 is 0 Å². The summed E-state index contributed by atoms with van der Waals surface area (Å²) in [7, 11) is 6.16. The van der Waals surface area contributed by atoms with Crippen LogP contribution in [0.3, 0.4) is 0 Å². The molecule has 0 heterocycles. The van der Waals surface area contributed by atoms with Crippen LogP contribution in [0.25, 0.3) is 0 Å². The lowest BCUT2D eigenvalue weighted by atomic mass is 9.82. The highest BCUT2D eigenvalue weighted by atomic mass is 15.2. The second kappa shape index (κ2) is 7.18. The lowest BCUT2D eigenvalue weighted by molar-refractivity contribution is 0.145. The van der Waals surface area contributed by atoms with Gasteiger partial charge in [-0.1, -0.05) is 30.3 Å². The SMILES string of the molecule is CNC1CCC(NC)(NC)CC1NCc1ccccc1.